The Morgan fingerprint density at radius 3 is 2.86 bits per heavy atom. The van der Waals surface area contributed by atoms with E-state index in [4.69, 9.17) is 16.4 Å². The molecule has 0 fully saturated rings. The third kappa shape index (κ3) is 2.24. The smallest absolute Gasteiger partial charge is 0.156 e. The molecule has 0 spiro atoms. The highest BCUT2D eigenvalue weighted by molar-refractivity contribution is 5.43. The molecule has 0 aromatic heterocycles. The summed E-state index contributed by atoms with van der Waals surface area (Å²) >= 11 is 0. The molecule has 0 heterocycles. The molecule has 0 aliphatic heterocycles. The zero-order valence-corrected chi connectivity index (χ0v) is 7.62. The minimum atomic E-state index is -0.470. The van der Waals surface area contributed by atoms with Gasteiger partial charge in [-0.1, -0.05) is 5.92 Å². The van der Waals surface area contributed by atoms with Crippen LogP contribution in [-0.4, -0.2) is 6.10 Å². The minimum Gasteiger partial charge on any atom is -0.477 e. The van der Waals surface area contributed by atoms with E-state index < -0.39 is 11.9 Å². The molecular formula is C11H8FNO. The Hall–Kier alpha value is -2.00. The van der Waals surface area contributed by atoms with E-state index in [9.17, 15) is 4.39 Å². The summed E-state index contributed by atoms with van der Waals surface area (Å²) in [5, 5.41) is 8.68. The maximum Gasteiger partial charge on any atom is 0.156 e. The van der Waals surface area contributed by atoms with Gasteiger partial charge in [0.05, 0.1) is 5.56 Å². The van der Waals surface area contributed by atoms with E-state index in [1.54, 1.807) is 6.92 Å². The summed E-state index contributed by atoms with van der Waals surface area (Å²) in [6.45, 7) is 1.67. The van der Waals surface area contributed by atoms with Crippen LogP contribution < -0.4 is 4.74 Å². The van der Waals surface area contributed by atoms with Crippen molar-refractivity contribution in [3.8, 4) is 24.2 Å². The highest BCUT2D eigenvalue weighted by atomic mass is 19.1. The molecule has 3 heteroatoms. The second-order valence-electron chi connectivity index (χ2n) is 2.68. The van der Waals surface area contributed by atoms with Crippen molar-refractivity contribution >= 4 is 0 Å². The molecule has 1 rings (SSSR count). The van der Waals surface area contributed by atoms with E-state index in [1.165, 1.54) is 12.1 Å². The summed E-state index contributed by atoms with van der Waals surface area (Å²) in [5.74, 6) is 2.19. The van der Waals surface area contributed by atoms with E-state index in [2.05, 4.69) is 5.92 Å². The summed E-state index contributed by atoms with van der Waals surface area (Å²) in [6.07, 6.45) is 4.67. The van der Waals surface area contributed by atoms with Gasteiger partial charge >= 0.3 is 0 Å². The van der Waals surface area contributed by atoms with Crippen LogP contribution in [0.5, 0.6) is 5.75 Å². The molecule has 14 heavy (non-hydrogen) atoms. The lowest BCUT2D eigenvalue weighted by Gasteiger charge is -2.09. The van der Waals surface area contributed by atoms with Crippen LogP contribution in [0.15, 0.2) is 18.2 Å². The van der Waals surface area contributed by atoms with Crippen molar-refractivity contribution in [2.24, 2.45) is 0 Å². The number of rotatable bonds is 2. The Morgan fingerprint density at radius 2 is 2.29 bits per heavy atom. The fourth-order valence-electron chi connectivity index (χ4n) is 0.917. The van der Waals surface area contributed by atoms with E-state index in [0.29, 0.717) is 5.75 Å². The summed E-state index contributed by atoms with van der Waals surface area (Å²) in [6, 6.07) is 5.55. The molecule has 0 saturated carbocycles. The van der Waals surface area contributed by atoms with Crippen molar-refractivity contribution in [1.82, 2.24) is 0 Å². The second-order valence-corrected chi connectivity index (χ2v) is 2.68. The van der Waals surface area contributed by atoms with Gasteiger partial charge in [0.2, 0.25) is 0 Å². The number of halogens is 1. The minimum absolute atomic E-state index is 0.145. The van der Waals surface area contributed by atoms with E-state index >= 15 is 0 Å². The number of terminal acetylenes is 1. The summed E-state index contributed by atoms with van der Waals surface area (Å²) < 4.78 is 17.9. The van der Waals surface area contributed by atoms with Crippen molar-refractivity contribution < 1.29 is 9.13 Å². The highest BCUT2D eigenvalue weighted by Gasteiger charge is 2.06. The number of hydrogen-bond donors (Lipinski definition) is 0. The zero-order valence-electron chi connectivity index (χ0n) is 7.62. The standard InChI is InChI=1S/C11H8FNO/c1-3-8(2)14-11-5-4-10(12)6-9(11)7-13/h1,4-6,8H,2H3. The van der Waals surface area contributed by atoms with Crippen molar-refractivity contribution in [2.75, 3.05) is 0 Å². The first kappa shape index (κ1) is 10.1. The largest absolute Gasteiger partial charge is 0.477 e. The lowest BCUT2D eigenvalue weighted by molar-refractivity contribution is 0.278. The van der Waals surface area contributed by atoms with Gasteiger partial charge in [-0.3, -0.25) is 0 Å². The van der Waals surface area contributed by atoms with Crippen LogP contribution in [0.25, 0.3) is 0 Å². The predicted octanol–water partition coefficient (Wildman–Crippen LogP) is 2.10. The molecule has 1 aromatic carbocycles. The van der Waals surface area contributed by atoms with Crippen LogP contribution in [0.1, 0.15) is 12.5 Å². The van der Waals surface area contributed by atoms with Crippen LogP contribution in [0, 0.1) is 29.5 Å². The van der Waals surface area contributed by atoms with E-state index in [-0.39, 0.29) is 5.56 Å². The van der Waals surface area contributed by atoms with Crippen molar-refractivity contribution in [1.29, 1.82) is 5.26 Å². The third-order valence-corrected chi connectivity index (χ3v) is 1.60. The number of nitriles is 1. The average Bonchev–Trinajstić information content (AvgIpc) is 2.20. The van der Waals surface area contributed by atoms with Crippen LogP contribution >= 0.6 is 0 Å². The van der Waals surface area contributed by atoms with Crippen molar-refractivity contribution in [2.45, 2.75) is 13.0 Å². The second kappa shape index (κ2) is 4.30. The highest BCUT2D eigenvalue weighted by Crippen LogP contribution is 2.19. The van der Waals surface area contributed by atoms with Gasteiger partial charge in [-0.2, -0.15) is 5.26 Å². The predicted molar refractivity (Wildman–Crippen MR) is 50.0 cm³/mol. The fraction of sp³-hybridized carbons (Fsp3) is 0.182. The first-order chi connectivity index (χ1) is 6.67. The fourth-order valence-corrected chi connectivity index (χ4v) is 0.917. The molecule has 1 aromatic rings. The van der Waals surface area contributed by atoms with Crippen LogP contribution in [0.2, 0.25) is 0 Å². The molecule has 1 unspecified atom stereocenters. The molecule has 2 nitrogen and oxygen atoms in total. The first-order valence-corrected chi connectivity index (χ1v) is 4.00. The molecule has 1 atom stereocenters. The number of benzene rings is 1. The molecule has 70 valence electrons. The Morgan fingerprint density at radius 1 is 1.57 bits per heavy atom. The van der Waals surface area contributed by atoms with Crippen LogP contribution in [0.4, 0.5) is 4.39 Å². The van der Waals surface area contributed by atoms with E-state index in [0.717, 1.165) is 6.07 Å². The van der Waals surface area contributed by atoms with Gasteiger partial charge in [-0.25, -0.2) is 4.39 Å². The van der Waals surface area contributed by atoms with E-state index in [1.807, 2.05) is 6.07 Å². The Labute approximate surface area is 81.9 Å². The van der Waals surface area contributed by atoms with Gasteiger partial charge in [-0.15, -0.1) is 6.42 Å². The van der Waals surface area contributed by atoms with Gasteiger partial charge in [-0.05, 0) is 25.1 Å². The molecule has 0 amide bonds. The zero-order chi connectivity index (χ0) is 10.6. The lowest BCUT2D eigenvalue weighted by atomic mass is 10.2. The van der Waals surface area contributed by atoms with Gasteiger partial charge in [0, 0.05) is 0 Å². The Bertz CT molecular complexity index is 414. The normalized spacial score (nSPS) is 11.1. The maximum atomic E-state index is 12.7. The van der Waals surface area contributed by atoms with Crippen molar-refractivity contribution in [3.63, 3.8) is 0 Å². The number of ether oxygens (including phenoxy) is 1. The molecule has 0 bridgehead atoms. The van der Waals surface area contributed by atoms with Gasteiger partial charge < -0.3 is 4.74 Å². The molecule has 0 aliphatic rings. The molecule has 0 radical (unpaired) electrons. The SMILES string of the molecule is C#CC(C)Oc1ccc(F)cc1C#N. The van der Waals surface area contributed by atoms with Gasteiger partial charge in [0.1, 0.15) is 17.6 Å². The molecule has 0 N–H and O–H groups in total. The summed E-state index contributed by atoms with van der Waals surface area (Å²) in [4.78, 5) is 0. The van der Waals surface area contributed by atoms with Gasteiger partial charge in [0.25, 0.3) is 0 Å². The van der Waals surface area contributed by atoms with Gasteiger partial charge in [0.15, 0.2) is 6.10 Å². The monoisotopic (exact) mass is 189 g/mol. The third-order valence-electron chi connectivity index (χ3n) is 1.60. The Balaban J connectivity index is 2.99. The van der Waals surface area contributed by atoms with Crippen molar-refractivity contribution in [3.05, 3.63) is 29.6 Å². The molecular weight excluding hydrogens is 181 g/mol. The average molecular weight is 189 g/mol. The Kier molecular flexibility index (Phi) is 3.09. The summed E-state index contributed by atoms with van der Waals surface area (Å²) in [5.41, 5.74) is 0.145. The molecule has 0 saturated heterocycles. The number of hydrogen-bond acceptors (Lipinski definition) is 2. The first-order valence-electron chi connectivity index (χ1n) is 4.00. The lowest BCUT2D eigenvalue weighted by Crippen LogP contribution is -2.09. The topological polar surface area (TPSA) is 33.0 Å². The quantitative estimate of drug-likeness (QED) is 0.667. The van der Waals surface area contributed by atoms with Crippen LogP contribution in [0.3, 0.4) is 0 Å². The number of nitrogens with zero attached hydrogens (tertiary/aromatic N) is 1. The summed E-state index contributed by atoms with van der Waals surface area (Å²) in [7, 11) is 0. The van der Waals surface area contributed by atoms with Crippen LogP contribution in [-0.2, 0) is 0 Å². The maximum absolute atomic E-state index is 12.7. The molecule has 0 aliphatic carbocycles.